The number of halogens is 9. The molecule has 3 atom stereocenters. The van der Waals surface area contributed by atoms with E-state index < -0.39 is 52.9 Å². The summed E-state index contributed by atoms with van der Waals surface area (Å²) in [6.07, 6.45) is 1.34. The number of alkyl halides is 6. The number of primary amides is 2. The molecule has 0 aliphatic carbocycles. The number of amides is 2. The van der Waals surface area contributed by atoms with E-state index in [-0.39, 0.29) is 91.0 Å². The van der Waals surface area contributed by atoms with E-state index in [1.807, 2.05) is 154 Å². The summed E-state index contributed by atoms with van der Waals surface area (Å²) in [5, 5.41) is 22.0. The number of hydrogen-bond acceptors (Lipinski definition) is 22. The number of benzene rings is 7. The second-order valence-corrected chi connectivity index (χ2v) is 31.3. The molecule has 2 amide bonds. The molecule has 7 aromatic carbocycles. The van der Waals surface area contributed by atoms with Crippen LogP contribution in [-0.4, -0.2) is 106 Å². The summed E-state index contributed by atoms with van der Waals surface area (Å²) in [4.78, 5) is 85.4. The fourth-order valence-corrected chi connectivity index (χ4v) is 15.7. The first-order valence-corrected chi connectivity index (χ1v) is 41.1. The Hall–Kier alpha value is -14.4. The number of aliphatic carboxylic acids is 1. The van der Waals surface area contributed by atoms with Crippen LogP contribution in [0.2, 0.25) is 0 Å². The number of carbonyl (C=O) groups is 4. The van der Waals surface area contributed by atoms with Crippen molar-refractivity contribution in [2.24, 2.45) is 17.2 Å². The van der Waals surface area contributed by atoms with E-state index in [1.165, 1.54) is 71.4 Å². The van der Waals surface area contributed by atoms with Crippen LogP contribution in [0.5, 0.6) is 0 Å². The van der Waals surface area contributed by atoms with Crippen LogP contribution in [0, 0.1) is 17.5 Å². The Morgan fingerprint density at radius 1 is 0.465 bits per heavy atom. The molecular weight excluding hydrogens is 1670 g/mol. The first-order chi connectivity index (χ1) is 61.1. The fraction of sp³-hybridized carbons (Fsp3) is 0.239. The number of carboxylic acid groups (broad SMARTS) is 1. The average Bonchev–Trinajstić information content (AvgIpc) is 1.80. The van der Waals surface area contributed by atoms with Crippen molar-refractivity contribution in [3.8, 4) is 0 Å². The summed E-state index contributed by atoms with van der Waals surface area (Å²) in [6.45, 7) is 7.77. The van der Waals surface area contributed by atoms with Gasteiger partial charge < -0.3 is 67.6 Å². The van der Waals surface area contributed by atoms with Gasteiger partial charge in [0.1, 0.15) is 36.8 Å². The van der Waals surface area contributed by atoms with Crippen molar-refractivity contribution in [1.29, 1.82) is 0 Å². The Kier molecular flexibility index (Phi) is 29.8. The van der Waals surface area contributed by atoms with Crippen LogP contribution in [0.3, 0.4) is 0 Å². The van der Waals surface area contributed by atoms with Crippen molar-refractivity contribution in [2.45, 2.75) is 108 Å². The number of nitrogens with one attached hydrogen (secondary N) is 4. The van der Waals surface area contributed by atoms with Gasteiger partial charge in [0.05, 0.1) is 80.2 Å². The van der Waals surface area contributed by atoms with Crippen LogP contribution in [0.1, 0.15) is 114 Å². The maximum Gasteiger partial charge on any atom is 0.416 e. The summed E-state index contributed by atoms with van der Waals surface area (Å²) < 4.78 is 130. The highest BCUT2D eigenvalue weighted by Crippen LogP contribution is 2.41. The third-order valence-corrected chi connectivity index (χ3v) is 22.0. The number of allylic oxidation sites excluding steroid dienone is 1. The molecule has 3 fully saturated rings. The molecule has 11 N–H and O–H groups in total. The third kappa shape index (κ3) is 24.4. The Bertz CT molecular complexity index is 5930. The second kappa shape index (κ2) is 41.9. The molecular formula is C92H88F9N19O6S. The zero-order valence-corrected chi connectivity index (χ0v) is 69.1. The molecule has 16 rings (SSSR count). The van der Waals surface area contributed by atoms with Crippen LogP contribution in [0.4, 0.5) is 80.2 Å². The highest BCUT2D eigenvalue weighted by molar-refractivity contribution is 7.12. The lowest BCUT2D eigenvalue weighted by molar-refractivity contribution is -0.138. The van der Waals surface area contributed by atoms with E-state index in [2.05, 4.69) is 79.9 Å². The lowest BCUT2D eigenvalue weighted by atomic mass is 10.0. The molecule has 3 unspecified atom stereocenters. The van der Waals surface area contributed by atoms with Crippen molar-refractivity contribution in [3.63, 3.8) is 0 Å². The molecule has 0 radical (unpaired) electrons. The number of ether oxygens (including phenoxy) is 1. The van der Waals surface area contributed by atoms with Gasteiger partial charge in [-0.15, -0.1) is 11.3 Å². The van der Waals surface area contributed by atoms with Crippen LogP contribution in [-0.2, 0) is 94.7 Å². The number of rotatable bonds is 28. The third-order valence-electron chi connectivity index (χ3n) is 20.9. The normalized spacial score (nSPS) is 15.0. The number of nitrogens with zero attached hydrogens (tertiary/aromatic N) is 12. The minimum Gasteiger partial charge on any atom is -0.481 e. The van der Waals surface area contributed by atoms with Gasteiger partial charge in [0.15, 0.2) is 40.7 Å². The molecule has 6 aromatic heterocycles. The van der Waals surface area contributed by atoms with E-state index in [9.17, 15) is 45.5 Å². The van der Waals surface area contributed by atoms with Gasteiger partial charge in [-0.25, -0.2) is 39.9 Å². The molecule has 3 saturated heterocycles. The smallest absolute Gasteiger partial charge is 0.416 e. The number of nitrogens with two attached hydrogens (primary N) is 3. The van der Waals surface area contributed by atoms with Gasteiger partial charge in [-0.05, 0) is 111 Å². The number of anilines is 7. The van der Waals surface area contributed by atoms with E-state index in [4.69, 9.17) is 27.0 Å². The second-order valence-electron chi connectivity index (χ2n) is 30.1. The van der Waals surface area contributed by atoms with E-state index in [0.717, 1.165) is 103 Å². The van der Waals surface area contributed by atoms with Crippen LogP contribution in [0.15, 0.2) is 244 Å². The number of carbonyl (C=O) groups excluding carboxylic acids is 3. The molecule has 9 heterocycles. The molecule has 0 saturated carbocycles. The van der Waals surface area contributed by atoms with Gasteiger partial charge in [-0.1, -0.05) is 164 Å². The van der Waals surface area contributed by atoms with Gasteiger partial charge in [-0.3, -0.25) is 19.2 Å². The van der Waals surface area contributed by atoms with Gasteiger partial charge in [-0.2, -0.15) is 39.5 Å². The molecule has 13 aromatic rings. The van der Waals surface area contributed by atoms with Gasteiger partial charge in [0.25, 0.3) is 0 Å². The monoisotopic (exact) mass is 1760 g/mol. The SMILES string of the molecule is C=C(N)Cc1ccc(CNc2ncnc(N3CC(=O)CC3c3ccc(C(F)(F)F)cc3)c2F)cc1.NC(=O)Cc1ccc(CNc2ncnc(N3CCCC3c3ccccc3)c2F)cc1.NC(=O)Cc1ccc(CNc2ncnc3c2ccn3Cc2ccc(C(F)(F)F)cc2)cc1.O=C(O)Cc1ccc(CNc2ncnc(N3CCOCC3c3ccccc3)c2F)s1. The van der Waals surface area contributed by atoms with Gasteiger partial charge in [0.2, 0.25) is 29.3 Å². The van der Waals surface area contributed by atoms with Crippen molar-refractivity contribution >= 4 is 86.7 Å². The number of Topliss-reactive ketones (excluding diaryl/α,β-unsaturated/α-hetero) is 1. The lowest BCUT2D eigenvalue weighted by Gasteiger charge is -2.37. The number of aromatic nitrogens is 9. The minimum absolute atomic E-state index is 0.0193. The highest BCUT2D eigenvalue weighted by atomic mass is 32.1. The molecule has 35 heteroatoms. The number of fused-ring (bicyclic) bond motifs is 1. The summed E-state index contributed by atoms with van der Waals surface area (Å²) >= 11 is 1.38. The first kappa shape index (κ1) is 90.4. The van der Waals surface area contributed by atoms with Gasteiger partial charge in [0, 0.05) is 73.8 Å². The van der Waals surface area contributed by atoms with Gasteiger partial charge >= 0.3 is 18.3 Å². The number of hydrogen-bond donors (Lipinski definition) is 8. The summed E-state index contributed by atoms with van der Waals surface area (Å²) in [7, 11) is 0. The first-order valence-electron chi connectivity index (χ1n) is 40.3. The quantitative estimate of drug-likeness (QED) is 0.0211. The lowest BCUT2D eigenvalue weighted by Crippen LogP contribution is -2.40. The van der Waals surface area contributed by atoms with Crippen molar-refractivity contribution < 1.29 is 68.5 Å². The van der Waals surface area contributed by atoms with Crippen molar-refractivity contribution in [1.82, 2.24) is 44.4 Å². The highest BCUT2D eigenvalue weighted by Gasteiger charge is 2.38. The molecule has 0 bridgehead atoms. The van der Waals surface area contributed by atoms with E-state index in [0.29, 0.717) is 87.4 Å². The number of morpholine rings is 1. The molecule has 127 heavy (non-hydrogen) atoms. The van der Waals surface area contributed by atoms with E-state index >= 15 is 13.2 Å². The maximum absolute atomic E-state index is 15.4. The zero-order valence-electron chi connectivity index (χ0n) is 68.3. The maximum atomic E-state index is 15.4. The predicted octanol–water partition coefficient (Wildman–Crippen LogP) is 16.0. The van der Waals surface area contributed by atoms with Crippen LogP contribution >= 0.6 is 11.3 Å². The van der Waals surface area contributed by atoms with Crippen LogP contribution in [0.25, 0.3) is 11.0 Å². The number of ketones is 1. The topological polar surface area (TPSA) is 342 Å². The largest absolute Gasteiger partial charge is 0.481 e. The average molecular weight is 1760 g/mol. The Labute approximate surface area is 728 Å². The zero-order chi connectivity index (χ0) is 89.7. The van der Waals surface area contributed by atoms with Crippen molar-refractivity contribution in [3.05, 3.63) is 338 Å². The summed E-state index contributed by atoms with van der Waals surface area (Å²) in [5.74, 6) is -2.08. The summed E-state index contributed by atoms with van der Waals surface area (Å²) in [5.41, 5.74) is 24.8. The molecule has 656 valence electrons. The Balaban J connectivity index is 0.000000145. The number of carboxylic acids is 1. The minimum atomic E-state index is -4.47. The fourth-order valence-electron chi connectivity index (χ4n) is 14.8. The summed E-state index contributed by atoms with van der Waals surface area (Å²) in [6, 6.07) is 57.0. The molecule has 3 aliphatic rings. The number of thiophene rings is 1. The predicted molar refractivity (Wildman–Crippen MR) is 465 cm³/mol. The van der Waals surface area contributed by atoms with Crippen molar-refractivity contribution in [2.75, 3.05) is 68.8 Å². The molecule has 0 spiro atoms. The van der Waals surface area contributed by atoms with Crippen LogP contribution < -0.4 is 53.2 Å². The standard InChI is InChI=1S/C25H23F4N5O.C23H20F3N5O.C23H24FN5O.C21H21FN4O3S/c1-15(30)10-16-2-4-17(5-3-16)12-31-23-22(26)24(33-14-32-23)34-13-20(35)11-21(34)18-6-8-19(9-7-18)25(27,28)29;24-23(25,26)18-7-5-17(6-8-18)13-31-10-9-19-21(29-14-30-22(19)31)28-12-16-3-1-15(2-4-16)11-20(27)32;24-21-22(26-14-17-10-8-16(9-11-17)13-20(25)30)27-15-28-23(21)29-12-4-7-19(29)18-5-2-1-3-6-18;22-19-20(23-11-16-7-6-15(30-16)10-18(27)28)24-13-25-21(19)26-8-9-29-12-17(26)14-4-2-1-3-5-14/h2-9,14,21H,1,10-13,30H2,(H,31,32,33);1-10,14H,11-13H2,(H2,27,32)(H,28,29,30);1-3,5-6,8-11,15,19H,4,7,12-14H2,(H2,25,30)(H,26,27,28);1-7,13,17H,8-12H2,(H,27,28)(H,23,24,25). The molecule has 25 nitrogen and oxygen atoms in total. The Morgan fingerprint density at radius 2 is 0.890 bits per heavy atom. The Morgan fingerprint density at radius 3 is 1.39 bits per heavy atom. The molecule has 3 aliphatic heterocycles. The van der Waals surface area contributed by atoms with E-state index in [1.54, 1.807) is 6.07 Å².